The van der Waals surface area contributed by atoms with Gasteiger partial charge in [-0.05, 0) is 43.6 Å². The van der Waals surface area contributed by atoms with Gasteiger partial charge >= 0.3 is 0 Å². The zero-order chi connectivity index (χ0) is 15.0. The topological polar surface area (TPSA) is 75.4 Å². The number of halogens is 2. The number of nitrogens with zero attached hydrogens (tertiary/aromatic N) is 1. The van der Waals surface area contributed by atoms with Gasteiger partial charge in [0.1, 0.15) is 11.5 Å². The number of hydrogen-bond donors (Lipinski definition) is 2. The lowest BCUT2D eigenvalue weighted by Gasteiger charge is -2.38. The average Bonchev–Trinajstić information content (AvgIpc) is 2.20. The van der Waals surface area contributed by atoms with Crippen LogP contribution in [0, 0.1) is 15.9 Å². The molecule has 0 radical (unpaired) electrons. The predicted octanol–water partition coefficient (Wildman–Crippen LogP) is 3.46. The predicted molar refractivity (Wildman–Crippen MR) is 74.8 cm³/mol. The van der Waals surface area contributed by atoms with Crippen molar-refractivity contribution in [1.82, 2.24) is 0 Å². The van der Waals surface area contributed by atoms with E-state index in [1.807, 2.05) is 0 Å². The fourth-order valence-corrected chi connectivity index (χ4v) is 1.61. The van der Waals surface area contributed by atoms with E-state index < -0.39 is 21.9 Å². The highest BCUT2D eigenvalue weighted by atomic mass is 79.9. The maximum Gasteiger partial charge on any atom is 0.293 e. The van der Waals surface area contributed by atoms with E-state index >= 15 is 0 Å². The maximum atomic E-state index is 13.5. The molecule has 19 heavy (non-hydrogen) atoms. The summed E-state index contributed by atoms with van der Waals surface area (Å²) in [5.41, 5.74) is -2.26. The van der Waals surface area contributed by atoms with E-state index in [2.05, 4.69) is 21.2 Å². The zero-order valence-electron chi connectivity index (χ0n) is 11.1. The third kappa shape index (κ3) is 3.42. The average molecular weight is 335 g/mol. The van der Waals surface area contributed by atoms with Crippen molar-refractivity contribution in [3.63, 3.8) is 0 Å². The van der Waals surface area contributed by atoms with Gasteiger partial charge in [0.05, 0.1) is 20.5 Å². The van der Waals surface area contributed by atoms with Crippen LogP contribution in [0.15, 0.2) is 16.6 Å². The van der Waals surface area contributed by atoms with Crippen LogP contribution < -0.4 is 5.32 Å². The Kier molecular flexibility index (Phi) is 4.21. The van der Waals surface area contributed by atoms with Crippen LogP contribution in [0.5, 0.6) is 0 Å². The molecule has 0 atom stereocenters. The molecule has 0 heterocycles. The second-order valence-electron chi connectivity index (χ2n) is 5.35. The van der Waals surface area contributed by atoms with E-state index in [1.165, 1.54) is 0 Å². The Balaban J connectivity index is 3.28. The monoisotopic (exact) mass is 334 g/mol. The summed E-state index contributed by atoms with van der Waals surface area (Å²) < 4.78 is 13.5. The smallest absolute Gasteiger partial charge is 0.293 e. The largest absolute Gasteiger partial charge is 0.388 e. The van der Waals surface area contributed by atoms with Crippen molar-refractivity contribution in [2.45, 2.75) is 38.8 Å². The number of anilines is 1. The van der Waals surface area contributed by atoms with Gasteiger partial charge in [-0.15, -0.1) is 0 Å². The van der Waals surface area contributed by atoms with E-state index in [0.717, 1.165) is 12.1 Å². The number of rotatable bonds is 4. The van der Waals surface area contributed by atoms with E-state index in [-0.39, 0.29) is 15.8 Å². The summed E-state index contributed by atoms with van der Waals surface area (Å²) in [6.07, 6.45) is 0. The van der Waals surface area contributed by atoms with Crippen molar-refractivity contribution in [3.05, 3.63) is 32.5 Å². The molecule has 106 valence electrons. The lowest BCUT2D eigenvalue weighted by Crippen LogP contribution is -2.51. The molecule has 0 unspecified atom stereocenters. The summed E-state index contributed by atoms with van der Waals surface area (Å²) in [6, 6.07) is 2.13. The second-order valence-corrected chi connectivity index (χ2v) is 6.20. The Morgan fingerprint density at radius 2 is 1.89 bits per heavy atom. The summed E-state index contributed by atoms with van der Waals surface area (Å²) >= 11 is 2.91. The molecule has 0 aliphatic heterocycles. The first-order valence-corrected chi connectivity index (χ1v) is 6.39. The van der Waals surface area contributed by atoms with Crippen molar-refractivity contribution in [3.8, 4) is 0 Å². The van der Waals surface area contributed by atoms with Gasteiger partial charge in [0, 0.05) is 12.1 Å². The van der Waals surface area contributed by atoms with Crippen LogP contribution in [0.4, 0.5) is 15.8 Å². The van der Waals surface area contributed by atoms with Crippen LogP contribution in [-0.4, -0.2) is 21.2 Å². The van der Waals surface area contributed by atoms with Crippen LogP contribution in [0.25, 0.3) is 0 Å². The Bertz CT molecular complexity index is 512. The molecular formula is C12H16BrFN2O3. The van der Waals surface area contributed by atoms with Gasteiger partial charge in [-0.25, -0.2) is 4.39 Å². The van der Waals surface area contributed by atoms with Crippen LogP contribution in [0.2, 0.25) is 0 Å². The first kappa shape index (κ1) is 15.8. The Labute approximate surface area is 119 Å². The first-order valence-electron chi connectivity index (χ1n) is 5.60. The van der Waals surface area contributed by atoms with Crippen LogP contribution in [-0.2, 0) is 0 Å². The van der Waals surface area contributed by atoms with Gasteiger partial charge in [-0.2, -0.15) is 0 Å². The molecule has 0 fully saturated rings. The molecule has 0 aliphatic rings. The molecule has 1 aromatic rings. The summed E-state index contributed by atoms with van der Waals surface area (Å²) in [6.45, 7) is 6.50. The molecule has 1 rings (SSSR count). The second kappa shape index (κ2) is 5.05. The van der Waals surface area contributed by atoms with E-state index in [0.29, 0.717) is 0 Å². The zero-order valence-corrected chi connectivity index (χ0v) is 12.7. The third-order valence-electron chi connectivity index (χ3n) is 3.21. The van der Waals surface area contributed by atoms with Gasteiger partial charge in [0.25, 0.3) is 5.69 Å². The summed E-state index contributed by atoms with van der Waals surface area (Å²) in [5.74, 6) is -0.611. The number of aliphatic hydroxyl groups is 1. The van der Waals surface area contributed by atoms with Crippen LogP contribution in [0.3, 0.4) is 0 Å². The number of nitro benzene ring substituents is 1. The van der Waals surface area contributed by atoms with Gasteiger partial charge in [0.2, 0.25) is 0 Å². The van der Waals surface area contributed by atoms with Crippen LogP contribution in [0.1, 0.15) is 27.7 Å². The fraction of sp³-hybridized carbons (Fsp3) is 0.500. The van der Waals surface area contributed by atoms with Gasteiger partial charge in [-0.1, -0.05) is 0 Å². The highest BCUT2D eigenvalue weighted by Gasteiger charge is 2.36. The molecule has 0 saturated carbocycles. The third-order valence-corrected chi connectivity index (χ3v) is 3.82. The number of hydrogen-bond acceptors (Lipinski definition) is 4. The molecule has 2 N–H and O–H groups in total. The lowest BCUT2D eigenvalue weighted by molar-refractivity contribution is -0.384. The van der Waals surface area contributed by atoms with Crippen molar-refractivity contribution >= 4 is 27.3 Å². The van der Waals surface area contributed by atoms with E-state index in [1.54, 1.807) is 27.7 Å². The van der Waals surface area contributed by atoms with Crippen LogP contribution >= 0.6 is 15.9 Å². The fourth-order valence-electron chi connectivity index (χ4n) is 1.28. The summed E-state index contributed by atoms with van der Waals surface area (Å²) in [7, 11) is 0. The molecule has 0 aromatic heterocycles. The molecule has 0 aliphatic carbocycles. The number of nitrogens with one attached hydrogen (secondary N) is 1. The van der Waals surface area contributed by atoms with Crippen molar-refractivity contribution in [2.24, 2.45) is 0 Å². The van der Waals surface area contributed by atoms with Crippen molar-refractivity contribution in [2.75, 3.05) is 5.32 Å². The van der Waals surface area contributed by atoms with Gasteiger partial charge in [-0.3, -0.25) is 10.1 Å². The lowest BCUT2D eigenvalue weighted by atomic mass is 9.85. The maximum absolute atomic E-state index is 13.5. The molecule has 1 aromatic carbocycles. The minimum atomic E-state index is -1.15. The SMILES string of the molecule is CC(C)(O)C(C)(C)Nc1cc(F)c(Br)cc1[N+](=O)[O-]. The minimum absolute atomic E-state index is 0.0193. The molecule has 0 spiro atoms. The Morgan fingerprint density at radius 1 is 1.37 bits per heavy atom. The standard InChI is InChI=1S/C12H16BrFN2O3/c1-11(2,12(3,4)17)15-9-6-8(14)7(13)5-10(9)16(18)19/h5-6,15,17H,1-4H3. The highest BCUT2D eigenvalue weighted by Crippen LogP contribution is 2.34. The number of nitro groups is 1. The molecule has 0 saturated heterocycles. The number of benzene rings is 1. The molecule has 7 heteroatoms. The van der Waals surface area contributed by atoms with Crippen molar-refractivity contribution < 1.29 is 14.4 Å². The summed E-state index contributed by atoms with van der Waals surface area (Å²) in [5, 5.41) is 23.8. The van der Waals surface area contributed by atoms with E-state index in [9.17, 15) is 19.6 Å². The Morgan fingerprint density at radius 3 is 2.32 bits per heavy atom. The molecule has 0 bridgehead atoms. The Hall–Kier alpha value is -1.21. The highest BCUT2D eigenvalue weighted by molar-refractivity contribution is 9.10. The minimum Gasteiger partial charge on any atom is -0.388 e. The molecule has 5 nitrogen and oxygen atoms in total. The van der Waals surface area contributed by atoms with Gasteiger partial charge in [0.15, 0.2) is 0 Å². The molecular weight excluding hydrogens is 319 g/mol. The summed E-state index contributed by atoms with van der Waals surface area (Å²) in [4.78, 5) is 10.4. The van der Waals surface area contributed by atoms with Crippen molar-refractivity contribution in [1.29, 1.82) is 0 Å². The van der Waals surface area contributed by atoms with E-state index in [4.69, 9.17) is 0 Å². The van der Waals surface area contributed by atoms with Gasteiger partial charge < -0.3 is 10.4 Å². The normalized spacial score (nSPS) is 12.4. The first-order chi connectivity index (χ1) is 8.45. The molecule has 0 amide bonds. The quantitative estimate of drug-likeness (QED) is 0.653.